The van der Waals surface area contributed by atoms with E-state index in [1.807, 2.05) is 62.4 Å². The number of carboxylic acids is 1. The van der Waals surface area contributed by atoms with Crippen LogP contribution >= 0.6 is 12.6 Å². The fourth-order valence-electron chi connectivity index (χ4n) is 4.63. The predicted octanol–water partition coefficient (Wildman–Crippen LogP) is 6.75. The number of thiol groups is 1. The van der Waals surface area contributed by atoms with Gasteiger partial charge in [-0.25, -0.2) is 9.78 Å². The highest BCUT2D eigenvalue weighted by atomic mass is 32.1. The fraction of sp³-hybridized carbons (Fsp3) is 0.300. The monoisotopic (exact) mass is 515 g/mol. The van der Waals surface area contributed by atoms with Gasteiger partial charge in [0, 0.05) is 18.7 Å². The highest BCUT2D eigenvalue weighted by Crippen LogP contribution is 2.28. The van der Waals surface area contributed by atoms with E-state index in [1.165, 1.54) is 0 Å². The van der Waals surface area contributed by atoms with Gasteiger partial charge >= 0.3 is 5.97 Å². The molecule has 0 aliphatic heterocycles. The Morgan fingerprint density at radius 1 is 1.05 bits per heavy atom. The number of anilines is 1. The third kappa shape index (κ3) is 5.88. The van der Waals surface area contributed by atoms with Crippen LogP contribution in [0.25, 0.3) is 22.2 Å². The number of aromatic nitrogens is 2. The summed E-state index contributed by atoms with van der Waals surface area (Å²) in [4.78, 5) is 29.2. The van der Waals surface area contributed by atoms with Gasteiger partial charge < -0.3 is 15.0 Å². The van der Waals surface area contributed by atoms with Gasteiger partial charge in [0.1, 0.15) is 5.82 Å². The molecule has 2 N–H and O–H groups in total. The minimum absolute atomic E-state index is 0.0963. The van der Waals surface area contributed by atoms with E-state index in [1.54, 1.807) is 12.1 Å². The van der Waals surface area contributed by atoms with Gasteiger partial charge in [-0.1, -0.05) is 62.7 Å². The molecule has 0 fully saturated rings. The average Bonchev–Trinajstić information content (AvgIpc) is 3.22. The standard InChI is InChI=1S/C30H33N3O3S/c1-4-8-26(37)29(34)31-22-16-19(3)28-25(17-22)33(27(32-28)9-5-2)18-20-12-14-21(15-13-20)23-10-6-7-11-24(23)30(35)36/h6-7,10-17,26,37H,4-5,8-9,18H2,1-3H3,(H,31,34)(H,35,36)/t26-/m1/s1. The second kappa shape index (κ2) is 11.6. The molecule has 0 aliphatic carbocycles. The summed E-state index contributed by atoms with van der Waals surface area (Å²) in [5, 5.41) is 12.2. The maximum atomic E-state index is 12.6. The summed E-state index contributed by atoms with van der Waals surface area (Å²) in [5.41, 5.74) is 6.59. The van der Waals surface area contributed by atoms with Crippen molar-refractivity contribution in [2.24, 2.45) is 0 Å². The van der Waals surface area contributed by atoms with E-state index in [2.05, 4.69) is 29.4 Å². The Morgan fingerprint density at radius 2 is 1.78 bits per heavy atom. The van der Waals surface area contributed by atoms with Gasteiger partial charge in [0.25, 0.3) is 0 Å². The zero-order chi connectivity index (χ0) is 26.5. The topological polar surface area (TPSA) is 84.2 Å². The lowest BCUT2D eigenvalue weighted by molar-refractivity contribution is -0.115. The molecule has 0 saturated carbocycles. The van der Waals surface area contributed by atoms with E-state index in [0.29, 0.717) is 12.1 Å². The van der Waals surface area contributed by atoms with Crippen molar-refractivity contribution in [3.63, 3.8) is 0 Å². The molecule has 192 valence electrons. The maximum absolute atomic E-state index is 12.6. The number of nitrogens with zero attached hydrogens (tertiary/aromatic N) is 2. The van der Waals surface area contributed by atoms with Crippen LogP contribution in [0.4, 0.5) is 5.69 Å². The molecule has 0 bridgehead atoms. The number of aromatic carboxylic acids is 1. The number of amides is 1. The Hall–Kier alpha value is -3.58. The summed E-state index contributed by atoms with van der Waals surface area (Å²) in [6, 6.07) is 19.0. The molecule has 1 atom stereocenters. The quantitative estimate of drug-likeness (QED) is 0.204. The Kier molecular flexibility index (Phi) is 8.34. The van der Waals surface area contributed by atoms with E-state index in [0.717, 1.165) is 64.9 Å². The second-order valence-electron chi connectivity index (χ2n) is 9.37. The summed E-state index contributed by atoms with van der Waals surface area (Å²) in [5.74, 6) is -0.0330. The van der Waals surface area contributed by atoms with Crippen molar-refractivity contribution in [3.05, 3.63) is 83.2 Å². The Bertz CT molecular complexity index is 1430. The van der Waals surface area contributed by atoms with Crippen LogP contribution in [0.2, 0.25) is 0 Å². The lowest BCUT2D eigenvalue weighted by Crippen LogP contribution is -2.23. The molecular formula is C30H33N3O3S. The first-order valence-electron chi connectivity index (χ1n) is 12.7. The first-order chi connectivity index (χ1) is 17.8. The SMILES string of the molecule is CCCc1nc2c(C)cc(NC(=O)[C@H](S)CCC)cc2n1Cc1ccc(-c2ccccc2C(=O)O)cc1. The molecule has 0 aliphatic rings. The summed E-state index contributed by atoms with van der Waals surface area (Å²) in [6.45, 7) is 6.81. The van der Waals surface area contributed by atoms with Gasteiger partial charge in [0.2, 0.25) is 5.91 Å². The molecule has 4 aromatic rings. The molecule has 1 heterocycles. The summed E-state index contributed by atoms with van der Waals surface area (Å²) in [6.07, 6.45) is 3.43. The lowest BCUT2D eigenvalue weighted by atomic mass is 9.99. The minimum Gasteiger partial charge on any atom is -0.478 e. The van der Waals surface area contributed by atoms with Crippen LogP contribution in [0.15, 0.2) is 60.7 Å². The van der Waals surface area contributed by atoms with Crippen molar-refractivity contribution < 1.29 is 14.7 Å². The van der Waals surface area contributed by atoms with Gasteiger partial charge in [-0.2, -0.15) is 12.6 Å². The summed E-state index contributed by atoms with van der Waals surface area (Å²) >= 11 is 4.44. The van der Waals surface area contributed by atoms with Crippen molar-refractivity contribution in [1.29, 1.82) is 0 Å². The largest absolute Gasteiger partial charge is 0.478 e. The summed E-state index contributed by atoms with van der Waals surface area (Å²) in [7, 11) is 0. The van der Waals surface area contributed by atoms with Gasteiger partial charge in [0.15, 0.2) is 0 Å². The van der Waals surface area contributed by atoms with Crippen LogP contribution in [0.5, 0.6) is 0 Å². The highest BCUT2D eigenvalue weighted by molar-refractivity contribution is 7.81. The van der Waals surface area contributed by atoms with E-state index in [9.17, 15) is 14.7 Å². The molecule has 6 nitrogen and oxygen atoms in total. The number of nitrogens with one attached hydrogen (secondary N) is 1. The third-order valence-electron chi connectivity index (χ3n) is 6.49. The molecular weight excluding hydrogens is 482 g/mol. The van der Waals surface area contributed by atoms with Crippen molar-refractivity contribution in [2.75, 3.05) is 5.32 Å². The van der Waals surface area contributed by atoms with E-state index < -0.39 is 5.97 Å². The van der Waals surface area contributed by atoms with Gasteiger partial charge in [-0.3, -0.25) is 4.79 Å². The predicted molar refractivity (Wildman–Crippen MR) is 153 cm³/mol. The molecule has 1 amide bonds. The Balaban J connectivity index is 1.68. The van der Waals surface area contributed by atoms with Crippen LogP contribution in [0.3, 0.4) is 0 Å². The lowest BCUT2D eigenvalue weighted by Gasteiger charge is -2.13. The first-order valence-corrected chi connectivity index (χ1v) is 13.2. The number of aryl methyl sites for hydroxylation is 2. The third-order valence-corrected chi connectivity index (χ3v) is 6.99. The summed E-state index contributed by atoms with van der Waals surface area (Å²) < 4.78 is 2.21. The molecule has 1 aromatic heterocycles. The zero-order valence-electron chi connectivity index (χ0n) is 21.5. The van der Waals surface area contributed by atoms with Crippen molar-refractivity contribution >= 4 is 41.2 Å². The molecule has 7 heteroatoms. The molecule has 4 rings (SSSR count). The van der Waals surface area contributed by atoms with Crippen molar-refractivity contribution in [2.45, 2.75) is 58.2 Å². The maximum Gasteiger partial charge on any atom is 0.336 e. The second-order valence-corrected chi connectivity index (χ2v) is 9.99. The first kappa shape index (κ1) is 26.5. The number of imidazole rings is 1. The number of fused-ring (bicyclic) bond motifs is 1. The number of benzene rings is 3. The normalized spacial score (nSPS) is 12.0. The molecule has 0 radical (unpaired) electrons. The number of carbonyl (C=O) groups is 2. The van der Waals surface area contributed by atoms with Gasteiger partial charge in [0.05, 0.1) is 21.8 Å². The number of carboxylic acid groups (broad SMARTS) is 1. The zero-order valence-corrected chi connectivity index (χ0v) is 22.4. The van der Waals surface area contributed by atoms with Crippen LogP contribution in [0.1, 0.15) is 60.4 Å². The van der Waals surface area contributed by atoms with E-state index in [-0.39, 0.29) is 16.7 Å². The number of hydrogen-bond acceptors (Lipinski definition) is 4. The smallest absolute Gasteiger partial charge is 0.336 e. The van der Waals surface area contributed by atoms with Crippen molar-refractivity contribution in [1.82, 2.24) is 9.55 Å². The highest BCUT2D eigenvalue weighted by Gasteiger charge is 2.17. The number of rotatable bonds is 10. The van der Waals surface area contributed by atoms with E-state index in [4.69, 9.17) is 4.98 Å². The fourth-order valence-corrected chi connectivity index (χ4v) is 4.95. The van der Waals surface area contributed by atoms with Crippen LogP contribution in [-0.4, -0.2) is 31.8 Å². The van der Waals surface area contributed by atoms with Gasteiger partial charge in [-0.15, -0.1) is 0 Å². The molecule has 0 spiro atoms. The number of hydrogen-bond donors (Lipinski definition) is 3. The van der Waals surface area contributed by atoms with Crippen LogP contribution in [0, 0.1) is 6.92 Å². The van der Waals surface area contributed by atoms with Crippen LogP contribution < -0.4 is 5.32 Å². The average molecular weight is 516 g/mol. The van der Waals surface area contributed by atoms with Crippen LogP contribution in [-0.2, 0) is 17.8 Å². The molecule has 0 saturated heterocycles. The van der Waals surface area contributed by atoms with Gasteiger partial charge in [-0.05, 0) is 60.2 Å². The van der Waals surface area contributed by atoms with Crippen molar-refractivity contribution in [3.8, 4) is 11.1 Å². The number of carbonyl (C=O) groups excluding carboxylic acids is 1. The molecule has 3 aromatic carbocycles. The Labute approximate surface area is 223 Å². The minimum atomic E-state index is -0.939. The van der Waals surface area contributed by atoms with E-state index >= 15 is 0 Å². The molecule has 37 heavy (non-hydrogen) atoms. The Morgan fingerprint density at radius 3 is 2.46 bits per heavy atom. The molecule has 0 unspecified atom stereocenters.